The summed E-state index contributed by atoms with van der Waals surface area (Å²) in [7, 11) is 0. The molecule has 4 rings (SSSR count). The van der Waals surface area contributed by atoms with E-state index >= 15 is 0 Å². The highest BCUT2D eigenvalue weighted by molar-refractivity contribution is 6.11. The zero-order chi connectivity index (χ0) is 21.8. The van der Waals surface area contributed by atoms with Crippen LogP contribution in [0.5, 0.6) is 11.5 Å². The molecule has 2 heterocycles. The third-order valence-electron chi connectivity index (χ3n) is 4.41. The summed E-state index contributed by atoms with van der Waals surface area (Å²) in [4.78, 5) is 28.8. The Morgan fingerprint density at radius 3 is 2.61 bits per heavy atom. The van der Waals surface area contributed by atoms with E-state index in [1.807, 2.05) is 26.0 Å². The zero-order valence-corrected chi connectivity index (χ0v) is 17.0. The molecule has 0 radical (unpaired) electrons. The molecule has 0 saturated carbocycles. The monoisotopic (exact) mass is 417 g/mol. The van der Waals surface area contributed by atoms with E-state index in [4.69, 9.17) is 18.6 Å². The molecule has 0 atom stereocenters. The molecule has 1 aliphatic heterocycles. The maximum Gasteiger partial charge on any atom is 0.363 e. The SMILES string of the molecule is CCOc1cc(/C=C2/N=C(c3ccco3)OC2=O)ccc1OC(=O)c1ccc(C)cc1. The van der Waals surface area contributed by atoms with Crippen molar-refractivity contribution in [1.29, 1.82) is 0 Å². The molecule has 0 fully saturated rings. The number of aryl methyl sites for hydroxylation is 1. The molecule has 3 aromatic rings. The minimum atomic E-state index is -0.584. The van der Waals surface area contributed by atoms with Crippen molar-refractivity contribution < 1.29 is 28.2 Å². The standard InChI is InChI=1S/C24H19NO6/c1-3-28-21-14-16(13-18-24(27)31-22(25-18)20-5-4-12-29-20)8-11-19(21)30-23(26)17-9-6-15(2)7-10-17/h4-14H,3H2,1-2H3/b18-13+. The average Bonchev–Trinajstić information content (AvgIpc) is 3.41. The Labute approximate surface area is 178 Å². The molecular weight excluding hydrogens is 398 g/mol. The van der Waals surface area contributed by atoms with E-state index < -0.39 is 11.9 Å². The number of nitrogens with zero attached hydrogens (tertiary/aromatic N) is 1. The maximum atomic E-state index is 12.5. The Morgan fingerprint density at radius 2 is 1.90 bits per heavy atom. The van der Waals surface area contributed by atoms with Gasteiger partial charge >= 0.3 is 11.9 Å². The number of benzene rings is 2. The second kappa shape index (κ2) is 8.71. The summed E-state index contributed by atoms with van der Waals surface area (Å²) in [6.07, 6.45) is 3.03. The first-order chi connectivity index (χ1) is 15.0. The van der Waals surface area contributed by atoms with Crippen LogP contribution in [-0.2, 0) is 9.53 Å². The summed E-state index contributed by atoms with van der Waals surface area (Å²) in [5, 5.41) is 0. The summed E-state index contributed by atoms with van der Waals surface area (Å²) >= 11 is 0. The van der Waals surface area contributed by atoms with Crippen molar-refractivity contribution in [3.63, 3.8) is 0 Å². The number of hydrogen-bond acceptors (Lipinski definition) is 7. The molecule has 0 amide bonds. The lowest BCUT2D eigenvalue weighted by Crippen LogP contribution is -2.09. The minimum absolute atomic E-state index is 0.106. The number of ether oxygens (including phenoxy) is 3. The van der Waals surface area contributed by atoms with Crippen LogP contribution in [0.15, 0.2) is 76.0 Å². The number of aliphatic imine (C=N–C) groups is 1. The van der Waals surface area contributed by atoms with Crippen LogP contribution < -0.4 is 9.47 Å². The molecule has 0 bridgehead atoms. The van der Waals surface area contributed by atoms with E-state index in [0.29, 0.717) is 29.2 Å². The normalized spacial score (nSPS) is 14.3. The van der Waals surface area contributed by atoms with E-state index in [0.717, 1.165) is 5.56 Å². The fraction of sp³-hybridized carbons (Fsp3) is 0.125. The molecule has 2 aromatic carbocycles. The number of esters is 2. The lowest BCUT2D eigenvalue weighted by atomic mass is 10.1. The Balaban J connectivity index is 1.58. The van der Waals surface area contributed by atoms with Crippen molar-refractivity contribution in [2.75, 3.05) is 6.61 Å². The third kappa shape index (κ3) is 4.56. The molecule has 0 N–H and O–H groups in total. The highest BCUT2D eigenvalue weighted by Crippen LogP contribution is 2.31. The van der Waals surface area contributed by atoms with E-state index in [9.17, 15) is 9.59 Å². The van der Waals surface area contributed by atoms with Gasteiger partial charge in [0.1, 0.15) is 0 Å². The molecule has 1 aliphatic rings. The number of hydrogen-bond donors (Lipinski definition) is 0. The average molecular weight is 417 g/mol. The molecule has 0 spiro atoms. The van der Waals surface area contributed by atoms with E-state index in [-0.39, 0.29) is 17.3 Å². The molecular formula is C24H19NO6. The van der Waals surface area contributed by atoms with E-state index in [1.54, 1.807) is 48.5 Å². The van der Waals surface area contributed by atoms with Gasteiger partial charge in [0.2, 0.25) is 0 Å². The van der Waals surface area contributed by atoms with Gasteiger partial charge < -0.3 is 18.6 Å². The zero-order valence-electron chi connectivity index (χ0n) is 17.0. The van der Waals surface area contributed by atoms with Crippen LogP contribution in [0.3, 0.4) is 0 Å². The Kier molecular flexibility index (Phi) is 5.66. The summed E-state index contributed by atoms with van der Waals surface area (Å²) in [6.45, 7) is 4.14. The smallest absolute Gasteiger partial charge is 0.363 e. The number of furan rings is 1. The molecule has 1 aromatic heterocycles. The molecule has 0 aliphatic carbocycles. The van der Waals surface area contributed by atoms with Crippen LogP contribution in [0.1, 0.15) is 34.2 Å². The van der Waals surface area contributed by atoms with Crippen LogP contribution in [0.4, 0.5) is 0 Å². The van der Waals surface area contributed by atoms with Gasteiger partial charge in [0, 0.05) is 0 Å². The van der Waals surface area contributed by atoms with Crippen LogP contribution in [0.2, 0.25) is 0 Å². The van der Waals surface area contributed by atoms with E-state index in [2.05, 4.69) is 4.99 Å². The lowest BCUT2D eigenvalue weighted by molar-refractivity contribution is -0.130. The van der Waals surface area contributed by atoms with Gasteiger partial charge in [-0.05, 0) is 61.9 Å². The predicted octanol–water partition coefficient (Wildman–Crippen LogP) is 4.55. The summed E-state index contributed by atoms with van der Waals surface area (Å²) < 4.78 is 21.5. The van der Waals surface area contributed by atoms with Crippen molar-refractivity contribution in [2.24, 2.45) is 4.99 Å². The summed E-state index contributed by atoms with van der Waals surface area (Å²) in [5.41, 5.74) is 2.24. The highest BCUT2D eigenvalue weighted by atomic mass is 16.6. The van der Waals surface area contributed by atoms with Crippen molar-refractivity contribution in [3.05, 3.63) is 89.0 Å². The van der Waals surface area contributed by atoms with Gasteiger partial charge in [-0.1, -0.05) is 23.8 Å². The Hall–Kier alpha value is -4.13. The van der Waals surface area contributed by atoms with Crippen LogP contribution >= 0.6 is 0 Å². The Bertz CT molecular complexity index is 1170. The van der Waals surface area contributed by atoms with Gasteiger partial charge in [0.25, 0.3) is 5.90 Å². The largest absolute Gasteiger partial charge is 0.490 e. The van der Waals surface area contributed by atoms with Crippen molar-refractivity contribution in [1.82, 2.24) is 0 Å². The Morgan fingerprint density at radius 1 is 1.10 bits per heavy atom. The fourth-order valence-electron chi connectivity index (χ4n) is 2.89. The second-order valence-corrected chi connectivity index (χ2v) is 6.71. The van der Waals surface area contributed by atoms with Gasteiger partial charge in [0.05, 0.1) is 18.4 Å². The number of carbonyl (C=O) groups is 2. The molecule has 0 unspecified atom stereocenters. The molecule has 156 valence electrons. The quantitative estimate of drug-likeness (QED) is 0.332. The first kappa shape index (κ1) is 20.2. The van der Waals surface area contributed by atoms with E-state index in [1.165, 1.54) is 6.26 Å². The summed E-state index contributed by atoms with van der Waals surface area (Å²) in [6, 6.07) is 15.4. The highest BCUT2D eigenvalue weighted by Gasteiger charge is 2.26. The van der Waals surface area contributed by atoms with Gasteiger partial charge in [-0.3, -0.25) is 0 Å². The van der Waals surface area contributed by atoms with Crippen LogP contribution in [0, 0.1) is 6.92 Å². The summed E-state index contributed by atoms with van der Waals surface area (Å²) in [5.74, 6) is 0.0562. The fourth-order valence-corrected chi connectivity index (χ4v) is 2.89. The van der Waals surface area contributed by atoms with Crippen LogP contribution in [-0.4, -0.2) is 24.4 Å². The van der Waals surface area contributed by atoms with Gasteiger partial charge in [-0.15, -0.1) is 0 Å². The number of cyclic esters (lactones) is 1. The first-order valence-corrected chi connectivity index (χ1v) is 9.65. The van der Waals surface area contributed by atoms with Crippen molar-refractivity contribution in [2.45, 2.75) is 13.8 Å². The van der Waals surface area contributed by atoms with Gasteiger partial charge in [0.15, 0.2) is 23.0 Å². The first-order valence-electron chi connectivity index (χ1n) is 9.65. The van der Waals surface area contributed by atoms with Crippen molar-refractivity contribution >= 4 is 23.9 Å². The van der Waals surface area contributed by atoms with Crippen molar-refractivity contribution in [3.8, 4) is 11.5 Å². The molecule has 31 heavy (non-hydrogen) atoms. The predicted molar refractivity (Wildman–Crippen MR) is 113 cm³/mol. The minimum Gasteiger partial charge on any atom is -0.490 e. The number of carbonyl (C=O) groups excluding carboxylic acids is 2. The van der Waals surface area contributed by atoms with Gasteiger partial charge in [-0.2, -0.15) is 0 Å². The molecule has 0 saturated heterocycles. The van der Waals surface area contributed by atoms with Gasteiger partial charge in [-0.25, -0.2) is 14.6 Å². The maximum absolute atomic E-state index is 12.5. The second-order valence-electron chi connectivity index (χ2n) is 6.71. The number of rotatable bonds is 6. The van der Waals surface area contributed by atoms with Crippen LogP contribution in [0.25, 0.3) is 6.08 Å². The molecule has 7 nitrogen and oxygen atoms in total. The third-order valence-corrected chi connectivity index (χ3v) is 4.41. The topological polar surface area (TPSA) is 87.3 Å². The lowest BCUT2D eigenvalue weighted by Gasteiger charge is -2.11. The molecule has 7 heteroatoms.